The molecule has 0 amide bonds. The third-order valence-corrected chi connectivity index (χ3v) is 2.24. The minimum absolute atomic E-state index is 0.137. The van der Waals surface area contributed by atoms with Crippen molar-refractivity contribution in [3.05, 3.63) is 0 Å². The normalized spacial score (nSPS) is 33.5. The van der Waals surface area contributed by atoms with Crippen LogP contribution < -0.4 is 0 Å². The molecule has 2 atom stereocenters. The summed E-state index contributed by atoms with van der Waals surface area (Å²) < 4.78 is 5.34. The second kappa shape index (κ2) is 4.35. The molecule has 2 heteroatoms. The summed E-state index contributed by atoms with van der Waals surface area (Å²) in [5.74, 6) is 0.773. The monoisotopic (exact) mass is 153 g/mol. The average molecular weight is 153 g/mol. The Morgan fingerprint density at radius 3 is 2.91 bits per heavy atom. The van der Waals surface area contributed by atoms with Crippen molar-refractivity contribution >= 4 is 0 Å². The largest absolute Gasteiger partial charge is 0.363 e. The molecule has 0 aromatic carbocycles. The fourth-order valence-corrected chi connectivity index (χ4v) is 1.39. The van der Waals surface area contributed by atoms with E-state index in [2.05, 4.69) is 13.0 Å². The zero-order valence-corrected chi connectivity index (χ0v) is 7.05. The van der Waals surface area contributed by atoms with Crippen LogP contribution in [-0.4, -0.2) is 12.7 Å². The van der Waals surface area contributed by atoms with Gasteiger partial charge < -0.3 is 4.74 Å². The van der Waals surface area contributed by atoms with E-state index in [4.69, 9.17) is 10.00 Å². The van der Waals surface area contributed by atoms with Crippen molar-refractivity contribution < 1.29 is 4.74 Å². The Bertz CT molecular complexity index is 140. The highest BCUT2D eigenvalue weighted by Gasteiger charge is 2.13. The van der Waals surface area contributed by atoms with Crippen molar-refractivity contribution in [2.24, 2.45) is 5.92 Å². The number of ether oxygens (including phenoxy) is 1. The molecule has 0 aromatic heterocycles. The van der Waals surface area contributed by atoms with E-state index in [0.717, 1.165) is 31.8 Å². The van der Waals surface area contributed by atoms with E-state index in [1.54, 1.807) is 0 Å². The molecule has 62 valence electrons. The molecule has 1 saturated heterocycles. The molecule has 0 spiro atoms. The lowest BCUT2D eigenvalue weighted by atomic mass is 9.98. The van der Waals surface area contributed by atoms with Gasteiger partial charge >= 0.3 is 0 Å². The van der Waals surface area contributed by atoms with Crippen LogP contribution in [0, 0.1) is 17.2 Å². The molecule has 0 radical (unpaired) electrons. The Kier molecular flexibility index (Phi) is 3.38. The minimum Gasteiger partial charge on any atom is -0.363 e. The molecular formula is C9H15NO. The maximum absolute atomic E-state index is 8.60. The van der Waals surface area contributed by atoms with E-state index in [0.29, 0.717) is 0 Å². The first-order chi connectivity index (χ1) is 5.33. The van der Waals surface area contributed by atoms with Gasteiger partial charge in [-0.05, 0) is 25.2 Å². The van der Waals surface area contributed by atoms with E-state index in [1.807, 2.05) is 0 Å². The van der Waals surface area contributed by atoms with Crippen molar-refractivity contribution in [2.45, 2.75) is 38.7 Å². The van der Waals surface area contributed by atoms with Crippen LogP contribution in [0.15, 0.2) is 0 Å². The predicted octanol–water partition coefficient (Wildman–Crippen LogP) is 2.11. The van der Waals surface area contributed by atoms with E-state index >= 15 is 0 Å². The maximum atomic E-state index is 8.60. The number of rotatable bonds is 0. The van der Waals surface area contributed by atoms with Crippen LogP contribution in [0.4, 0.5) is 0 Å². The maximum Gasteiger partial charge on any atom is 0.143 e. The Morgan fingerprint density at radius 1 is 1.36 bits per heavy atom. The highest BCUT2D eigenvalue weighted by atomic mass is 16.5. The summed E-state index contributed by atoms with van der Waals surface area (Å²) in [5.41, 5.74) is 0. The highest BCUT2D eigenvalue weighted by Crippen LogP contribution is 2.17. The van der Waals surface area contributed by atoms with Gasteiger partial charge in [-0.3, -0.25) is 0 Å². The smallest absolute Gasteiger partial charge is 0.143 e. The van der Waals surface area contributed by atoms with Crippen LogP contribution in [-0.2, 0) is 4.74 Å². The average Bonchev–Trinajstić information content (AvgIpc) is 1.96. The van der Waals surface area contributed by atoms with Crippen molar-refractivity contribution in [3.63, 3.8) is 0 Å². The lowest BCUT2D eigenvalue weighted by Crippen LogP contribution is -2.16. The second-order valence-corrected chi connectivity index (χ2v) is 3.31. The number of nitrogens with zero attached hydrogens (tertiary/aromatic N) is 1. The zero-order valence-electron chi connectivity index (χ0n) is 7.05. The first kappa shape index (κ1) is 8.55. The van der Waals surface area contributed by atoms with E-state index in [-0.39, 0.29) is 6.10 Å². The molecule has 2 nitrogen and oxygen atoms in total. The van der Waals surface area contributed by atoms with Gasteiger partial charge in [0.05, 0.1) is 6.07 Å². The molecule has 1 heterocycles. The van der Waals surface area contributed by atoms with E-state index < -0.39 is 0 Å². The third kappa shape index (κ3) is 2.90. The van der Waals surface area contributed by atoms with Gasteiger partial charge in [0, 0.05) is 6.61 Å². The van der Waals surface area contributed by atoms with Gasteiger partial charge in [-0.1, -0.05) is 13.3 Å². The van der Waals surface area contributed by atoms with Gasteiger partial charge in [-0.25, -0.2) is 0 Å². The van der Waals surface area contributed by atoms with Crippen molar-refractivity contribution in [2.75, 3.05) is 6.61 Å². The van der Waals surface area contributed by atoms with Crippen LogP contribution in [0.2, 0.25) is 0 Å². The second-order valence-electron chi connectivity index (χ2n) is 3.31. The van der Waals surface area contributed by atoms with Gasteiger partial charge in [0.15, 0.2) is 0 Å². The summed E-state index contributed by atoms with van der Waals surface area (Å²) in [6, 6.07) is 2.16. The standard InChI is InChI=1S/C9H15NO/c1-8-3-2-4-9(7-10)11-6-5-8/h8-9H,2-6H2,1H3/t8-,9-/m1/s1. The fraction of sp³-hybridized carbons (Fsp3) is 0.889. The van der Waals surface area contributed by atoms with Gasteiger partial charge in [0.2, 0.25) is 0 Å². The first-order valence-corrected chi connectivity index (χ1v) is 4.34. The Hall–Kier alpha value is -0.550. The van der Waals surface area contributed by atoms with Crippen molar-refractivity contribution in [1.29, 1.82) is 5.26 Å². The molecule has 0 bridgehead atoms. The van der Waals surface area contributed by atoms with Gasteiger partial charge in [0.1, 0.15) is 6.10 Å². The molecular weight excluding hydrogens is 138 g/mol. The van der Waals surface area contributed by atoms with E-state index in [1.165, 1.54) is 6.42 Å². The summed E-state index contributed by atoms with van der Waals surface area (Å²) in [6.45, 7) is 3.01. The summed E-state index contributed by atoms with van der Waals surface area (Å²) >= 11 is 0. The molecule has 0 saturated carbocycles. The fourth-order valence-electron chi connectivity index (χ4n) is 1.39. The summed E-state index contributed by atoms with van der Waals surface area (Å²) in [7, 11) is 0. The quantitative estimate of drug-likeness (QED) is 0.534. The number of hydrogen-bond donors (Lipinski definition) is 0. The molecule has 0 aromatic rings. The molecule has 1 rings (SSSR count). The summed E-state index contributed by atoms with van der Waals surface area (Å²) in [6.07, 6.45) is 4.28. The molecule has 0 aliphatic carbocycles. The number of nitriles is 1. The minimum atomic E-state index is -0.137. The third-order valence-electron chi connectivity index (χ3n) is 2.24. The topological polar surface area (TPSA) is 33.0 Å². The highest BCUT2D eigenvalue weighted by molar-refractivity contribution is 4.84. The van der Waals surface area contributed by atoms with Gasteiger partial charge in [-0.2, -0.15) is 5.26 Å². The Balaban J connectivity index is 2.29. The Labute approximate surface area is 68.2 Å². The van der Waals surface area contributed by atoms with Crippen LogP contribution in [0.1, 0.15) is 32.6 Å². The Morgan fingerprint density at radius 2 is 2.18 bits per heavy atom. The van der Waals surface area contributed by atoms with Crippen LogP contribution in [0.3, 0.4) is 0 Å². The number of hydrogen-bond acceptors (Lipinski definition) is 2. The molecule has 1 aliphatic rings. The van der Waals surface area contributed by atoms with Gasteiger partial charge in [-0.15, -0.1) is 0 Å². The van der Waals surface area contributed by atoms with Crippen molar-refractivity contribution in [1.82, 2.24) is 0 Å². The van der Waals surface area contributed by atoms with E-state index in [9.17, 15) is 0 Å². The van der Waals surface area contributed by atoms with Crippen LogP contribution >= 0.6 is 0 Å². The molecule has 0 N–H and O–H groups in total. The molecule has 11 heavy (non-hydrogen) atoms. The first-order valence-electron chi connectivity index (χ1n) is 4.34. The molecule has 0 unspecified atom stereocenters. The SMILES string of the molecule is C[C@@H]1CCC[C@H](C#N)OCC1. The van der Waals surface area contributed by atoms with Crippen molar-refractivity contribution in [3.8, 4) is 6.07 Å². The zero-order chi connectivity index (χ0) is 8.10. The lowest BCUT2D eigenvalue weighted by Gasteiger charge is -2.18. The lowest BCUT2D eigenvalue weighted by molar-refractivity contribution is 0.0604. The summed E-state index contributed by atoms with van der Waals surface area (Å²) in [4.78, 5) is 0. The van der Waals surface area contributed by atoms with Gasteiger partial charge in [0.25, 0.3) is 0 Å². The van der Waals surface area contributed by atoms with Crippen LogP contribution in [0.5, 0.6) is 0 Å². The molecule has 1 aliphatic heterocycles. The predicted molar refractivity (Wildman–Crippen MR) is 43.0 cm³/mol. The summed E-state index contributed by atoms with van der Waals surface area (Å²) in [5, 5.41) is 8.60. The van der Waals surface area contributed by atoms with Crippen LogP contribution in [0.25, 0.3) is 0 Å². The molecule has 1 fully saturated rings.